The molecule has 0 amide bonds. The van der Waals surface area contributed by atoms with Crippen LogP contribution in [0.5, 0.6) is 5.75 Å². The Morgan fingerprint density at radius 1 is 1.13 bits per heavy atom. The van der Waals surface area contributed by atoms with E-state index < -0.39 is 17.7 Å². The number of rotatable bonds is 3. The van der Waals surface area contributed by atoms with Gasteiger partial charge in [0.1, 0.15) is 5.75 Å². The first-order chi connectivity index (χ1) is 10.8. The maximum absolute atomic E-state index is 12.8. The number of methoxy groups -OCH3 is 2. The number of nitrogens with zero attached hydrogens (tertiary/aromatic N) is 1. The third-order valence-corrected chi connectivity index (χ3v) is 3.22. The zero-order valence-electron chi connectivity index (χ0n) is 12.7. The van der Waals surface area contributed by atoms with Crippen LogP contribution < -0.4 is 4.74 Å². The van der Waals surface area contributed by atoms with Gasteiger partial charge in [-0.15, -0.1) is 0 Å². The minimum atomic E-state index is -4.49. The van der Waals surface area contributed by atoms with Crippen molar-refractivity contribution in [2.75, 3.05) is 14.2 Å². The summed E-state index contributed by atoms with van der Waals surface area (Å²) in [7, 11) is 2.47. The van der Waals surface area contributed by atoms with Crippen molar-refractivity contribution in [3.8, 4) is 17.0 Å². The summed E-state index contributed by atoms with van der Waals surface area (Å²) in [6.07, 6.45) is -4.49. The SMILES string of the molecule is COC(=O)c1ccc(C)nc1-c1ccc(C(F)(F)F)cc1OC. The molecule has 7 heteroatoms. The molecule has 0 saturated heterocycles. The molecular formula is C16H14F3NO3. The Morgan fingerprint density at radius 3 is 2.39 bits per heavy atom. The van der Waals surface area contributed by atoms with Crippen LogP contribution in [0.3, 0.4) is 0 Å². The van der Waals surface area contributed by atoms with Gasteiger partial charge in [-0.2, -0.15) is 13.2 Å². The third kappa shape index (κ3) is 3.44. The number of aromatic nitrogens is 1. The van der Waals surface area contributed by atoms with Crippen molar-refractivity contribution in [3.63, 3.8) is 0 Å². The van der Waals surface area contributed by atoms with Gasteiger partial charge in [0.05, 0.1) is 31.0 Å². The molecule has 1 aromatic heterocycles. The number of pyridine rings is 1. The van der Waals surface area contributed by atoms with Gasteiger partial charge < -0.3 is 9.47 Å². The molecule has 2 rings (SSSR count). The number of esters is 1. The predicted octanol–water partition coefficient (Wildman–Crippen LogP) is 3.87. The van der Waals surface area contributed by atoms with Crippen LogP contribution in [0.4, 0.5) is 13.2 Å². The van der Waals surface area contributed by atoms with Crippen molar-refractivity contribution in [1.29, 1.82) is 0 Å². The number of carbonyl (C=O) groups is 1. The van der Waals surface area contributed by atoms with Crippen LogP contribution in [0.1, 0.15) is 21.6 Å². The first kappa shape index (κ1) is 16.8. The number of hydrogen-bond donors (Lipinski definition) is 0. The van der Waals surface area contributed by atoms with Crippen molar-refractivity contribution in [1.82, 2.24) is 4.98 Å². The highest BCUT2D eigenvalue weighted by Gasteiger charge is 2.32. The van der Waals surface area contributed by atoms with E-state index in [0.29, 0.717) is 5.69 Å². The highest BCUT2D eigenvalue weighted by molar-refractivity contribution is 5.96. The van der Waals surface area contributed by atoms with Crippen molar-refractivity contribution in [3.05, 3.63) is 47.2 Å². The van der Waals surface area contributed by atoms with Gasteiger partial charge in [-0.3, -0.25) is 4.98 Å². The summed E-state index contributed by atoms with van der Waals surface area (Å²) in [4.78, 5) is 16.1. The van der Waals surface area contributed by atoms with Crippen LogP contribution in [0.2, 0.25) is 0 Å². The number of carbonyl (C=O) groups excluding carboxylic acids is 1. The van der Waals surface area contributed by atoms with Gasteiger partial charge in [0, 0.05) is 11.3 Å². The molecule has 4 nitrogen and oxygen atoms in total. The second-order valence-corrected chi connectivity index (χ2v) is 4.75. The molecule has 0 aliphatic heterocycles. The highest BCUT2D eigenvalue weighted by Crippen LogP contribution is 2.37. The average Bonchev–Trinajstić information content (AvgIpc) is 2.52. The number of halogens is 3. The zero-order valence-corrected chi connectivity index (χ0v) is 12.7. The van der Waals surface area contributed by atoms with E-state index in [0.717, 1.165) is 12.1 Å². The lowest BCUT2D eigenvalue weighted by molar-refractivity contribution is -0.137. The predicted molar refractivity (Wildman–Crippen MR) is 77.3 cm³/mol. The van der Waals surface area contributed by atoms with Crippen molar-refractivity contribution in [2.45, 2.75) is 13.1 Å². The Morgan fingerprint density at radius 2 is 1.83 bits per heavy atom. The lowest BCUT2D eigenvalue weighted by Crippen LogP contribution is -2.08. The van der Waals surface area contributed by atoms with E-state index in [1.807, 2.05) is 0 Å². The monoisotopic (exact) mass is 325 g/mol. The molecule has 1 aromatic carbocycles. The number of ether oxygens (including phenoxy) is 2. The summed E-state index contributed by atoms with van der Waals surface area (Å²) in [5, 5.41) is 0. The molecule has 122 valence electrons. The summed E-state index contributed by atoms with van der Waals surface area (Å²) >= 11 is 0. The van der Waals surface area contributed by atoms with Gasteiger partial charge in [0.2, 0.25) is 0 Å². The molecule has 0 spiro atoms. The van der Waals surface area contributed by atoms with E-state index in [-0.39, 0.29) is 22.6 Å². The molecule has 0 aliphatic carbocycles. The van der Waals surface area contributed by atoms with Crippen LogP contribution in [0.25, 0.3) is 11.3 Å². The standard InChI is InChI=1S/C16H14F3NO3/c1-9-4-6-12(15(21)23-3)14(20-9)11-7-5-10(16(17,18)19)8-13(11)22-2/h4-8H,1-3H3. The number of aryl methyl sites for hydroxylation is 1. The van der Waals surface area contributed by atoms with E-state index in [9.17, 15) is 18.0 Å². The Hall–Kier alpha value is -2.57. The molecule has 0 atom stereocenters. The summed E-state index contributed by atoms with van der Waals surface area (Å²) in [6, 6.07) is 6.16. The van der Waals surface area contributed by atoms with E-state index in [2.05, 4.69) is 4.98 Å². The molecule has 0 bridgehead atoms. The smallest absolute Gasteiger partial charge is 0.416 e. The summed E-state index contributed by atoms with van der Waals surface area (Å²) in [5.74, 6) is -0.655. The van der Waals surface area contributed by atoms with Crippen LogP contribution in [0, 0.1) is 6.92 Å². The van der Waals surface area contributed by atoms with E-state index in [1.165, 1.54) is 26.4 Å². The highest BCUT2D eigenvalue weighted by atomic mass is 19.4. The maximum atomic E-state index is 12.8. The van der Waals surface area contributed by atoms with Gasteiger partial charge in [-0.25, -0.2) is 4.79 Å². The number of alkyl halides is 3. The van der Waals surface area contributed by atoms with Crippen molar-refractivity contribution < 1.29 is 27.4 Å². The fraction of sp³-hybridized carbons (Fsp3) is 0.250. The first-order valence-corrected chi connectivity index (χ1v) is 6.59. The lowest BCUT2D eigenvalue weighted by Gasteiger charge is -2.14. The van der Waals surface area contributed by atoms with E-state index >= 15 is 0 Å². The molecule has 2 aromatic rings. The third-order valence-electron chi connectivity index (χ3n) is 3.22. The zero-order chi connectivity index (χ0) is 17.2. The van der Waals surface area contributed by atoms with Crippen LogP contribution >= 0.6 is 0 Å². The molecule has 0 aliphatic rings. The quantitative estimate of drug-likeness (QED) is 0.804. The Kier molecular flexibility index (Phi) is 4.58. The fourth-order valence-corrected chi connectivity index (χ4v) is 2.10. The Labute approximate surface area is 130 Å². The van der Waals surface area contributed by atoms with Crippen LogP contribution in [0.15, 0.2) is 30.3 Å². The second-order valence-electron chi connectivity index (χ2n) is 4.75. The maximum Gasteiger partial charge on any atom is 0.416 e. The molecule has 1 heterocycles. The fourth-order valence-electron chi connectivity index (χ4n) is 2.10. The molecule has 23 heavy (non-hydrogen) atoms. The Bertz CT molecular complexity index is 742. The second kappa shape index (κ2) is 6.28. The van der Waals surface area contributed by atoms with Gasteiger partial charge in [0.25, 0.3) is 0 Å². The minimum absolute atomic E-state index is 0.0249. The molecule has 0 radical (unpaired) electrons. The average molecular weight is 325 g/mol. The summed E-state index contributed by atoms with van der Waals surface area (Å²) in [5.41, 5.74) is 0.406. The first-order valence-electron chi connectivity index (χ1n) is 6.59. The molecule has 0 unspecified atom stereocenters. The summed E-state index contributed by atoms with van der Waals surface area (Å²) in [6.45, 7) is 1.71. The summed E-state index contributed by atoms with van der Waals surface area (Å²) < 4.78 is 48.2. The van der Waals surface area contributed by atoms with Crippen LogP contribution in [-0.2, 0) is 10.9 Å². The van der Waals surface area contributed by atoms with Gasteiger partial charge in [0.15, 0.2) is 0 Å². The van der Waals surface area contributed by atoms with Crippen molar-refractivity contribution in [2.24, 2.45) is 0 Å². The Balaban J connectivity index is 2.67. The molecule has 0 saturated carbocycles. The lowest BCUT2D eigenvalue weighted by atomic mass is 10.0. The number of hydrogen-bond acceptors (Lipinski definition) is 4. The van der Waals surface area contributed by atoms with E-state index in [1.54, 1.807) is 13.0 Å². The number of benzene rings is 1. The van der Waals surface area contributed by atoms with Crippen LogP contribution in [-0.4, -0.2) is 25.2 Å². The van der Waals surface area contributed by atoms with Gasteiger partial charge >= 0.3 is 12.1 Å². The van der Waals surface area contributed by atoms with Crippen molar-refractivity contribution >= 4 is 5.97 Å². The van der Waals surface area contributed by atoms with Gasteiger partial charge in [-0.1, -0.05) is 0 Å². The normalized spacial score (nSPS) is 11.2. The largest absolute Gasteiger partial charge is 0.496 e. The minimum Gasteiger partial charge on any atom is -0.496 e. The molecule has 0 fully saturated rings. The van der Waals surface area contributed by atoms with Gasteiger partial charge in [-0.05, 0) is 37.3 Å². The topological polar surface area (TPSA) is 48.4 Å². The molecule has 0 N–H and O–H groups in total. The molecular weight excluding hydrogens is 311 g/mol. The van der Waals surface area contributed by atoms with E-state index in [4.69, 9.17) is 9.47 Å².